The number of urea groups is 1. The van der Waals surface area contributed by atoms with E-state index in [1.165, 1.54) is 0 Å². The summed E-state index contributed by atoms with van der Waals surface area (Å²) < 4.78 is 0.724. The second-order valence-corrected chi connectivity index (χ2v) is 5.67. The lowest BCUT2D eigenvalue weighted by atomic mass is 9.79. The monoisotopic (exact) mass is 343 g/mol. The first kappa shape index (κ1) is 16.9. The zero-order chi connectivity index (χ0) is 15.0. The highest BCUT2D eigenvalue weighted by molar-refractivity contribution is 9.10. The Morgan fingerprint density at radius 2 is 2.10 bits per heavy atom. The summed E-state index contributed by atoms with van der Waals surface area (Å²) in [5.41, 5.74) is 0.607. The summed E-state index contributed by atoms with van der Waals surface area (Å²) in [5.74, 6) is 0. The van der Waals surface area contributed by atoms with Gasteiger partial charge in [0.1, 0.15) is 4.60 Å². The lowest BCUT2D eigenvalue weighted by molar-refractivity contribution is 0.165. The van der Waals surface area contributed by atoms with Gasteiger partial charge in [-0.3, -0.25) is 0 Å². The molecule has 1 rings (SSSR count). The number of aromatic nitrogens is 1. The second kappa shape index (κ2) is 8.21. The Hall–Kier alpha value is -1.14. The average molecular weight is 344 g/mol. The number of halogens is 1. The molecule has 0 bridgehead atoms. The number of hydrogen-bond acceptors (Lipinski definition) is 3. The third-order valence-electron chi connectivity index (χ3n) is 3.75. The van der Waals surface area contributed by atoms with Crippen molar-refractivity contribution in [1.29, 1.82) is 0 Å². The van der Waals surface area contributed by atoms with Crippen molar-refractivity contribution >= 4 is 27.6 Å². The number of nitrogens with zero attached hydrogens (tertiary/aromatic N) is 1. The van der Waals surface area contributed by atoms with Crippen molar-refractivity contribution in [3.05, 3.63) is 22.9 Å². The fourth-order valence-corrected chi connectivity index (χ4v) is 2.31. The van der Waals surface area contributed by atoms with Crippen LogP contribution in [0.15, 0.2) is 22.9 Å². The van der Waals surface area contributed by atoms with Crippen molar-refractivity contribution < 1.29 is 9.90 Å². The number of nitrogens with one attached hydrogen (secondary N) is 2. The molecule has 0 spiro atoms. The largest absolute Gasteiger partial charge is 0.396 e. The van der Waals surface area contributed by atoms with Crippen LogP contribution in [0.4, 0.5) is 10.5 Å². The molecule has 1 aromatic rings. The predicted molar refractivity (Wildman–Crippen MR) is 83.7 cm³/mol. The van der Waals surface area contributed by atoms with Crippen LogP contribution in [-0.4, -0.2) is 29.3 Å². The number of aliphatic hydroxyl groups excluding tert-OH is 1. The van der Waals surface area contributed by atoms with Crippen LogP contribution >= 0.6 is 15.9 Å². The van der Waals surface area contributed by atoms with Crippen LogP contribution in [0.1, 0.15) is 33.1 Å². The van der Waals surface area contributed by atoms with E-state index in [9.17, 15) is 4.79 Å². The number of carbonyl (C=O) groups excluding carboxylic acids is 1. The van der Waals surface area contributed by atoms with E-state index in [1.807, 2.05) is 0 Å². The van der Waals surface area contributed by atoms with E-state index in [0.29, 0.717) is 18.7 Å². The van der Waals surface area contributed by atoms with Gasteiger partial charge in [0.25, 0.3) is 0 Å². The molecule has 1 aromatic heterocycles. The Morgan fingerprint density at radius 1 is 1.40 bits per heavy atom. The molecule has 0 saturated heterocycles. The van der Waals surface area contributed by atoms with Gasteiger partial charge in [-0.05, 0) is 52.7 Å². The smallest absolute Gasteiger partial charge is 0.319 e. The highest BCUT2D eigenvalue weighted by atomic mass is 79.9. The first-order valence-corrected chi connectivity index (χ1v) is 7.62. The molecule has 2 amide bonds. The van der Waals surface area contributed by atoms with Crippen molar-refractivity contribution in [2.45, 2.75) is 33.1 Å². The van der Waals surface area contributed by atoms with E-state index in [2.05, 4.69) is 45.4 Å². The summed E-state index contributed by atoms with van der Waals surface area (Å²) in [6, 6.07) is 3.29. The summed E-state index contributed by atoms with van der Waals surface area (Å²) in [4.78, 5) is 15.9. The first-order valence-electron chi connectivity index (χ1n) is 6.82. The minimum atomic E-state index is -0.252. The van der Waals surface area contributed by atoms with E-state index in [4.69, 9.17) is 5.11 Å². The number of carbonyl (C=O) groups is 1. The fourth-order valence-electron chi connectivity index (χ4n) is 2.07. The van der Waals surface area contributed by atoms with Crippen LogP contribution in [0.3, 0.4) is 0 Å². The van der Waals surface area contributed by atoms with Gasteiger partial charge in [-0.2, -0.15) is 0 Å². The van der Waals surface area contributed by atoms with Crippen LogP contribution in [0.2, 0.25) is 0 Å². The number of rotatable bonds is 7. The fraction of sp³-hybridized carbons (Fsp3) is 0.571. The maximum Gasteiger partial charge on any atom is 0.319 e. The van der Waals surface area contributed by atoms with Crippen LogP contribution in [0, 0.1) is 5.41 Å². The van der Waals surface area contributed by atoms with Crippen LogP contribution in [-0.2, 0) is 0 Å². The molecule has 0 unspecified atom stereocenters. The quantitative estimate of drug-likeness (QED) is 0.665. The van der Waals surface area contributed by atoms with Crippen molar-refractivity contribution in [3.8, 4) is 0 Å². The summed E-state index contributed by atoms with van der Waals surface area (Å²) >= 11 is 3.24. The van der Waals surface area contributed by atoms with Gasteiger partial charge in [-0.1, -0.05) is 13.8 Å². The lowest BCUT2D eigenvalue weighted by Gasteiger charge is -2.31. The molecule has 20 heavy (non-hydrogen) atoms. The maximum absolute atomic E-state index is 11.9. The molecule has 0 aromatic carbocycles. The zero-order valence-corrected chi connectivity index (χ0v) is 13.5. The Bertz CT molecular complexity index is 419. The molecule has 6 heteroatoms. The molecule has 0 saturated carbocycles. The van der Waals surface area contributed by atoms with Crippen molar-refractivity contribution in [3.63, 3.8) is 0 Å². The van der Waals surface area contributed by atoms with E-state index < -0.39 is 0 Å². The molecule has 0 fully saturated rings. The number of pyridine rings is 1. The third kappa shape index (κ3) is 5.09. The maximum atomic E-state index is 11.9. The normalized spacial score (nSPS) is 11.2. The zero-order valence-electron chi connectivity index (χ0n) is 11.9. The Balaban J connectivity index is 2.51. The minimum absolute atomic E-state index is 0.0376. The molecule has 112 valence electrons. The van der Waals surface area contributed by atoms with E-state index in [0.717, 1.165) is 17.4 Å². The van der Waals surface area contributed by atoms with Gasteiger partial charge in [0.15, 0.2) is 0 Å². The van der Waals surface area contributed by atoms with Gasteiger partial charge in [-0.15, -0.1) is 0 Å². The molecule has 0 aliphatic carbocycles. The molecule has 0 radical (unpaired) electrons. The van der Waals surface area contributed by atoms with Gasteiger partial charge in [0, 0.05) is 13.2 Å². The number of hydrogen-bond donors (Lipinski definition) is 3. The summed E-state index contributed by atoms with van der Waals surface area (Å²) in [5, 5.41) is 14.8. The Kier molecular flexibility index (Phi) is 6.95. The van der Waals surface area contributed by atoms with Gasteiger partial charge in [-0.25, -0.2) is 9.78 Å². The van der Waals surface area contributed by atoms with Gasteiger partial charge in [0.05, 0.1) is 11.9 Å². The van der Waals surface area contributed by atoms with E-state index >= 15 is 0 Å². The highest BCUT2D eigenvalue weighted by Gasteiger charge is 2.26. The molecule has 5 nitrogen and oxygen atoms in total. The second-order valence-electron chi connectivity index (χ2n) is 4.86. The lowest BCUT2D eigenvalue weighted by Crippen LogP contribution is -2.39. The average Bonchev–Trinajstić information content (AvgIpc) is 2.46. The summed E-state index contributed by atoms with van der Waals surface area (Å²) in [6.45, 7) is 4.85. The first-order chi connectivity index (χ1) is 9.55. The number of aliphatic hydroxyl groups is 1. The minimum Gasteiger partial charge on any atom is -0.396 e. The topological polar surface area (TPSA) is 74.2 Å². The molecule has 1 heterocycles. The van der Waals surface area contributed by atoms with E-state index in [1.54, 1.807) is 18.3 Å². The molecule has 0 aliphatic rings. The number of amides is 2. The summed E-state index contributed by atoms with van der Waals surface area (Å²) in [6.07, 6.45) is 4.12. The standard InChI is InChI=1S/C14H22BrN3O2/c1-3-14(4-2,7-8-19)10-17-13(20)18-11-5-6-12(15)16-9-11/h5-6,9,19H,3-4,7-8,10H2,1-2H3,(H2,17,18,20). The van der Waals surface area contributed by atoms with Crippen LogP contribution in [0.5, 0.6) is 0 Å². The van der Waals surface area contributed by atoms with Crippen LogP contribution < -0.4 is 10.6 Å². The predicted octanol–water partition coefficient (Wildman–Crippen LogP) is 3.15. The van der Waals surface area contributed by atoms with Crippen molar-refractivity contribution in [1.82, 2.24) is 10.3 Å². The molecule has 0 atom stereocenters. The summed E-state index contributed by atoms with van der Waals surface area (Å²) in [7, 11) is 0. The van der Waals surface area contributed by atoms with Crippen molar-refractivity contribution in [2.75, 3.05) is 18.5 Å². The van der Waals surface area contributed by atoms with Crippen molar-refractivity contribution in [2.24, 2.45) is 5.41 Å². The van der Waals surface area contributed by atoms with E-state index in [-0.39, 0.29) is 18.1 Å². The molecular weight excluding hydrogens is 322 g/mol. The third-order valence-corrected chi connectivity index (χ3v) is 4.22. The van der Waals surface area contributed by atoms with Gasteiger partial charge < -0.3 is 15.7 Å². The number of anilines is 1. The van der Waals surface area contributed by atoms with Gasteiger partial charge in [0.2, 0.25) is 0 Å². The molecule has 3 N–H and O–H groups in total. The molecule has 0 aliphatic heterocycles. The molecular formula is C14H22BrN3O2. The van der Waals surface area contributed by atoms with Crippen LogP contribution in [0.25, 0.3) is 0 Å². The van der Waals surface area contributed by atoms with Gasteiger partial charge >= 0.3 is 6.03 Å². The highest BCUT2D eigenvalue weighted by Crippen LogP contribution is 2.29. The Labute approximate surface area is 128 Å². The Morgan fingerprint density at radius 3 is 2.60 bits per heavy atom. The SMILES string of the molecule is CCC(CC)(CCO)CNC(=O)Nc1ccc(Br)nc1.